The van der Waals surface area contributed by atoms with Gasteiger partial charge in [0.15, 0.2) is 0 Å². The van der Waals surface area contributed by atoms with E-state index in [0.717, 1.165) is 19.0 Å². The van der Waals surface area contributed by atoms with Gasteiger partial charge in [-0.2, -0.15) is 0 Å². The zero-order valence-corrected chi connectivity index (χ0v) is 13.3. The number of hydrogen-bond acceptors (Lipinski definition) is 2. The van der Waals surface area contributed by atoms with E-state index in [1.54, 1.807) is 12.1 Å². The van der Waals surface area contributed by atoms with Crippen molar-refractivity contribution in [3.63, 3.8) is 0 Å². The molecule has 0 atom stereocenters. The van der Waals surface area contributed by atoms with Crippen LogP contribution in [0.3, 0.4) is 0 Å². The maximum Gasteiger partial charge on any atom is 0.248 e. The fraction of sp³-hybridized carbons (Fsp3) is 0.611. The molecule has 1 aromatic rings. The predicted molar refractivity (Wildman–Crippen MR) is 87.0 cm³/mol. The van der Waals surface area contributed by atoms with Crippen molar-refractivity contribution in [2.24, 2.45) is 17.1 Å². The highest BCUT2D eigenvalue weighted by Gasteiger charge is 2.33. The SMILES string of the molecule is CC(C)CC1(CNCc2ccc(C(N)=O)cc2)CCCC1. The molecule has 0 unspecified atom stereocenters. The second kappa shape index (κ2) is 7.08. The largest absolute Gasteiger partial charge is 0.366 e. The summed E-state index contributed by atoms with van der Waals surface area (Å²) in [6.07, 6.45) is 6.79. The first-order chi connectivity index (χ1) is 10.0. The fourth-order valence-electron chi connectivity index (χ4n) is 3.70. The number of nitrogens with one attached hydrogen (secondary N) is 1. The zero-order chi connectivity index (χ0) is 15.3. The van der Waals surface area contributed by atoms with Crippen LogP contribution in [0, 0.1) is 11.3 Å². The van der Waals surface area contributed by atoms with Gasteiger partial charge in [0, 0.05) is 18.7 Å². The fourth-order valence-corrected chi connectivity index (χ4v) is 3.70. The molecular weight excluding hydrogens is 260 g/mol. The van der Waals surface area contributed by atoms with E-state index in [1.807, 2.05) is 12.1 Å². The Kier molecular flexibility index (Phi) is 5.40. The number of hydrogen-bond donors (Lipinski definition) is 2. The molecule has 0 heterocycles. The summed E-state index contributed by atoms with van der Waals surface area (Å²) >= 11 is 0. The van der Waals surface area contributed by atoms with E-state index in [-0.39, 0.29) is 5.91 Å². The zero-order valence-electron chi connectivity index (χ0n) is 13.3. The maximum absolute atomic E-state index is 11.1. The van der Waals surface area contributed by atoms with Crippen molar-refractivity contribution in [2.75, 3.05) is 6.54 Å². The van der Waals surface area contributed by atoms with E-state index in [1.165, 1.54) is 37.7 Å². The van der Waals surface area contributed by atoms with Crippen LogP contribution in [0.5, 0.6) is 0 Å². The van der Waals surface area contributed by atoms with Crippen LogP contribution in [-0.4, -0.2) is 12.5 Å². The Morgan fingerprint density at radius 3 is 2.38 bits per heavy atom. The molecule has 0 aliphatic heterocycles. The molecule has 3 nitrogen and oxygen atoms in total. The first-order valence-electron chi connectivity index (χ1n) is 8.10. The molecule has 1 aliphatic carbocycles. The monoisotopic (exact) mass is 288 g/mol. The minimum absolute atomic E-state index is 0.364. The van der Waals surface area contributed by atoms with Gasteiger partial charge in [-0.3, -0.25) is 4.79 Å². The Bertz CT molecular complexity index is 459. The number of primary amides is 1. The minimum atomic E-state index is -0.364. The van der Waals surface area contributed by atoms with Crippen LogP contribution in [0.2, 0.25) is 0 Å². The second-order valence-corrected chi connectivity index (χ2v) is 6.97. The van der Waals surface area contributed by atoms with Gasteiger partial charge in [-0.15, -0.1) is 0 Å². The average molecular weight is 288 g/mol. The predicted octanol–water partition coefficient (Wildman–Crippen LogP) is 3.48. The molecule has 1 aromatic carbocycles. The average Bonchev–Trinajstić information content (AvgIpc) is 2.87. The number of benzene rings is 1. The lowest BCUT2D eigenvalue weighted by molar-refractivity contribution is 0.100. The van der Waals surface area contributed by atoms with Gasteiger partial charge in [0.1, 0.15) is 0 Å². The van der Waals surface area contributed by atoms with Crippen LogP contribution in [-0.2, 0) is 6.54 Å². The van der Waals surface area contributed by atoms with Crippen molar-refractivity contribution in [3.8, 4) is 0 Å². The van der Waals surface area contributed by atoms with Crippen molar-refractivity contribution >= 4 is 5.91 Å². The van der Waals surface area contributed by atoms with Gasteiger partial charge in [0.2, 0.25) is 5.91 Å². The highest BCUT2D eigenvalue weighted by molar-refractivity contribution is 5.92. The summed E-state index contributed by atoms with van der Waals surface area (Å²) in [6, 6.07) is 7.57. The van der Waals surface area contributed by atoms with E-state index in [2.05, 4.69) is 19.2 Å². The molecule has 0 radical (unpaired) electrons. The van der Waals surface area contributed by atoms with Gasteiger partial charge in [0.05, 0.1) is 0 Å². The third-order valence-electron chi connectivity index (χ3n) is 4.57. The van der Waals surface area contributed by atoms with E-state index < -0.39 is 0 Å². The summed E-state index contributed by atoms with van der Waals surface area (Å²) in [5.41, 5.74) is 7.54. The van der Waals surface area contributed by atoms with Gasteiger partial charge in [-0.05, 0) is 48.3 Å². The number of amides is 1. The Balaban J connectivity index is 1.86. The van der Waals surface area contributed by atoms with Crippen LogP contribution in [0.1, 0.15) is 61.9 Å². The van der Waals surface area contributed by atoms with Crippen LogP contribution < -0.4 is 11.1 Å². The van der Waals surface area contributed by atoms with Gasteiger partial charge in [0.25, 0.3) is 0 Å². The quantitative estimate of drug-likeness (QED) is 0.807. The van der Waals surface area contributed by atoms with Gasteiger partial charge >= 0.3 is 0 Å². The summed E-state index contributed by atoms with van der Waals surface area (Å²) in [5, 5.41) is 3.62. The van der Waals surface area contributed by atoms with E-state index >= 15 is 0 Å². The lowest BCUT2D eigenvalue weighted by Crippen LogP contribution is -2.33. The van der Waals surface area contributed by atoms with E-state index in [9.17, 15) is 4.79 Å². The minimum Gasteiger partial charge on any atom is -0.366 e. The van der Waals surface area contributed by atoms with Crippen LogP contribution in [0.4, 0.5) is 0 Å². The first kappa shape index (κ1) is 16.0. The summed E-state index contributed by atoms with van der Waals surface area (Å²) in [4.78, 5) is 11.1. The number of rotatable bonds is 7. The van der Waals surface area contributed by atoms with Crippen molar-refractivity contribution in [1.29, 1.82) is 0 Å². The maximum atomic E-state index is 11.1. The molecule has 2 rings (SSSR count). The number of carbonyl (C=O) groups is 1. The molecule has 21 heavy (non-hydrogen) atoms. The molecule has 0 spiro atoms. The summed E-state index contributed by atoms with van der Waals surface area (Å²) in [5.74, 6) is 0.399. The Morgan fingerprint density at radius 2 is 1.86 bits per heavy atom. The van der Waals surface area contributed by atoms with E-state index in [0.29, 0.717) is 11.0 Å². The van der Waals surface area contributed by atoms with Crippen molar-refractivity contribution in [2.45, 2.75) is 52.5 Å². The smallest absolute Gasteiger partial charge is 0.248 e. The number of carbonyl (C=O) groups excluding carboxylic acids is 1. The van der Waals surface area contributed by atoms with E-state index in [4.69, 9.17) is 5.73 Å². The molecule has 1 amide bonds. The molecule has 0 aromatic heterocycles. The molecule has 0 saturated heterocycles. The third kappa shape index (κ3) is 4.57. The Labute approximate surface area is 128 Å². The van der Waals surface area contributed by atoms with Gasteiger partial charge in [-0.25, -0.2) is 0 Å². The first-order valence-corrected chi connectivity index (χ1v) is 8.10. The Hall–Kier alpha value is -1.35. The lowest BCUT2D eigenvalue weighted by atomic mass is 9.78. The summed E-state index contributed by atoms with van der Waals surface area (Å²) < 4.78 is 0. The topological polar surface area (TPSA) is 55.1 Å². The molecule has 1 saturated carbocycles. The van der Waals surface area contributed by atoms with Crippen LogP contribution >= 0.6 is 0 Å². The van der Waals surface area contributed by atoms with Crippen LogP contribution in [0.25, 0.3) is 0 Å². The molecule has 3 N–H and O–H groups in total. The second-order valence-electron chi connectivity index (χ2n) is 6.97. The standard InChI is InChI=1S/C18H28N2O/c1-14(2)11-18(9-3-4-10-18)13-20-12-15-5-7-16(8-6-15)17(19)21/h5-8,14,20H,3-4,9-13H2,1-2H3,(H2,19,21). The van der Waals surface area contributed by atoms with Gasteiger partial charge < -0.3 is 11.1 Å². The Morgan fingerprint density at radius 1 is 1.24 bits per heavy atom. The molecular formula is C18H28N2O. The summed E-state index contributed by atoms with van der Waals surface area (Å²) in [6.45, 7) is 6.60. The van der Waals surface area contributed by atoms with Gasteiger partial charge in [-0.1, -0.05) is 38.8 Å². The van der Waals surface area contributed by atoms with Crippen molar-refractivity contribution in [1.82, 2.24) is 5.32 Å². The lowest BCUT2D eigenvalue weighted by Gasteiger charge is -2.31. The van der Waals surface area contributed by atoms with Crippen molar-refractivity contribution in [3.05, 3.63) is 35.4 Å². The molecule has 0 bridgehead atoms. The molecule has 116 valence electrons. The number of nitrogens with two attached hydrogens (primary N) is 1. The summed E-state index contributed by atoms with van der Waals surface area (Å²) in [7, 11) is 0. The van der Waals surface area contributed by atoms with Crippen molar-refractivity contribution < 1.29 is 4.79 Å². The normalized spacial score (nSPS) is 17.3. The van der Waals surface area contributed by atoms with Crippen LogP contribution in [0.15, 0.2) is 24.3 Å². The molecule has 1 fully saturated rings. The molecule has 1 aliphatic rings. The highest BCUT2D eigenvalue weighted by Crippen LogP contribution is 2.42. The highest BCUT2D eigenvalue weighted by atomic mass is 16.1. The third-order valence-corrected chi connectivity index (χ3v) is 4.57. The molecule has 3 heteroatoms.